The van der Waals surface area contributed by atoms with Crippen LogP contribution in [0.1, 0.15) is 79.4 Å². The van der Waals surface area contributed by atoms with Gasteiger partial charge in [-0.25, -0.2) is 0 Å². The van der Waals surface area contributed by atoms with Crippen molar-refractivity contribution in [3.8, 4) is 0 Å². The smallest absolute Gasteiger partial charge is 0.321 e. The fourth-order valence-electron chi connectivity index (χ4n) is 4.44. The SMILES string of the molecule is CC(C)C(C(=O)OCCC(C)(C)OCCC(C)(C)OC(=O)C(C(=O)OCc1ccccc1)C(C)C)C(=O)OCc1ccccc1. The van der Waals surface area contributed by atoms with Crippen LogP contribution in [-0.4, -0.2) is 48.3 Å². The van der Waals surface area contributed by atoms with E-state index in [4.69, 9.17) is 23.7 Å². The average molecular weight is 627 g/mol. The summed E-state index contributed by atoms with van der Waals surface area (Å²) in [5, 5.41) is 0. The zero-order valence-electron chi connectivity index (χ0n) is 28.0. The van der Waals surface area contributed by atoms with E-state index in [1.165, 1.54) is 0 Å². The highest BCUT2D eigenvalue weighted by molar-refractivity contribution is 5.95. The normalized spacial score (nSPS) is 13.2. The number of rotatable bonds is 18. The standard InChI is InChI=1S/C36H50O9/c1-25(2)29(32(38)42-23-27-15-11-9-12-16-27)31(37)41-21-19-35(5,6)44-22-20-36(7,8)45-34(40)30(26(3)4)33(39)43-24-28-17-13-10-14-18-28/h9-18,25-26,29-30H,19-24H2,1-8H3. The van der Waals surface area contributed by atoms with Gasteiger partial charge in [-0.05, 0) is 50.7 Å². The Morgan fingerprint density at radius 1 is 0.556 bits per heavy atom. The molecule has 248 valence electrons. The zero-order valence-corrected chi connectivity index (χ0v) is 28.0. The molecule has 2 aromatic carbocycles. The Labute approximate surface area is 267 Å². The molecule has 2 aromatic rings. The average Bonchev–Trinajstić information content (AvgIpc) is 2.95. The summed E-state index contributed by atoms with van der Waals surface area (Å²) in [5.74, 6) is -5.19. The van der Waals surface area contributed by atoms with Crippen LogP contribution in [0.25, 0.3) is 0 Å². The molecular formula is C36H50O9. The summed E-state index contributed by atoms with van der Waals surface area (Å²) < 4.78 is 28.0. The molecule has 45 heavy (non-hydrogen) atoms. The molecule has 0 heterocycles. The Kier molecular flexibility index (Phi) is 14.7. The lowest BCUT2D eigenvalue weighted by molar-refractivity contribution is -0.174. The van der Waals surface area contributed by atoms with Gasteiger partial charge in [-0.3, -0.25) is 19.2 Å². The molecular weight excluding hydrogens is 576 g/mol. The molecule has 9 nitrogen and oxygen atoms in total. The molecule has 2 rings (SSSR count). The first-order valence-electron chi connectivity index (χ1n) is 15.6. The highest BCUT2D eigenvalue weighted by atomic mass is 16.6. The van der Waals surface area contributed by atoms with Gasteiger partial charge in [-0.1, -0.05) is 88.4 Å². The molecule has 0 aliphatic rings. The van der Waals surface area contributed by atoms with Crippen LogP contribution in [0.3, 0.4) is 0 Å². The molecule has 0 spiro atoms. The van der Waals surface area contributed by atoms with E-state index < -0.39 is 46.9 Å². The van der Waals surface area contributed by atoms with E-state index in [1.54, 1.807) is 41.5 Å². The van der Waals surface area contributed by atoms with E-state index in [0.717, 1.165) is 11.1 Å². The molecule has 0 saturated heterocycles. The van der Waals surface area contributed by atoms with Gasteiger partial charge < -0.3 is 23.7 Å². The van der Waals surface area contributed by atoms with E-state index >= 15 is 0 Å². The van der Waals surface area contributed by atoms with E-state index in [9.17, 15) is 19.2 Å². The second-order valence-electron chi connectivity index (χ2n) is 13.1. The monoisotopic (exact) mass is 626 g/mol. The van der Waals surface area contributed by atoms with Gasteiger partial charge in [0.05, 0.1) is 18.8 Å². The van der Waals surface area contributed by atoms with Gasteiger partial charge in [0.2, 0.25) is 0 Å². The van der Waals surface area contributed by atoms with E-state index in [-0.39, 0.29) is 38.3 Å². The van der Waals surface area contributed by atoms with Crippen molar-refractivity contribution in [2.45, 2.75) is 92.6 Å². The Bertz CT molecular complexity index is 1220. The van der Waals surface area contributed by atoms with Crippen molar-refractivity contribution in [2.75, 3.05) is 13.2 Å². The zero-order chi connectivity index (χ0) is 33.6. The number of hydrogen-bond acceptors (Lipinski definition) is 9. The van der Waals surface area contributed by atoms with Gasteiger partial charge in [0.1, 0.15) is 18.8 Å². The summed E-state index contributed by atoms with van der Waals surface area (Å²) in [7, 11) is 0. The topological polar surface area (TPSA) is 114 Å². The Morgan fingerprint density at radius 2 is 0.956 bits per heavy atom. The predicted molar refractivity (Wildman–Crippen MR) is 170 cm³/mol. The van der Waals surface area contributed by atoms with Gasteiger partial charge >= 0.3 is 23.9 Å². The van der Waals surface area contributed by atoms with Crippen LogP contribution in [-0.2, 0) is 56.1 Å². The molecule has 2 unspecified atom stereocenters. The third kappa shape index (κ3) is 13.4. The minimum atomic E-state index is -1.05. The van der Waals surface area contributed by atoms with Crippen molar-refractivity contribution < 1.29 is 42.9 Å². The lowest BCUT2D eigenvalue weighted by atomic mass is 9.95. The molecule has 2 atom stereocenters. The van der Waals surface area contributed by atoms with Crippen molar-refractivity contribution >= 4 is 23.9 Å². The molecule has 0 bridgehead atoms. The summed E-state index contributed by atoms with van der Waals surface area (Å²) in [4.78, 5) is 51.3. The molecule has 0 fully saturated rings. The highest BCUT2D eigenvalue weighted by Crippen LogP contribution is 2.24. The lowest BCUT2D eigenvalue weighted by Crippen LogP contribution is -2.39. The largest absolute Gasteiger partial charge is 0.465 e. The summed E-state index contributed by atoms with van der Waals surface area (Å²) in [6.45, 7) is 14.8. The van der Waals surface area contributed by atoms with Crippen LogP contribution in [0, 0.1) is 23.7 Å². The van der Waals surface area contributed by atoms with Crippen molar-refractivity contribution in [3.63, 3.8) is 0 Å². The van der Waals surface area contributed by atoms with Crippen molar-refractivity contribution in [3.05, 3.63) is 71.8 Å². The van der Waals surface area contributed by atoms with Crippen molar-refractivity contribution in [1.82, 2.24) is 0 Å². The molecule has 0 saturated carbocycles. The summed E-state index contributed by atoms with van der Waals surface area (Å²) in [6.07, 6.45) is 0.750. The Morgan fingerprint density at radius 3 is 1.40 bits per heavy atom. The van der Waals surface area contributed by atoms with Gasteiger partial charge in [0.15, 0.2) is 11.8 Å². The fourth-order valence-corrected chi connectivity index (χ4v) is 4.44. The third-order valence-electron chi connectivity index (χ3n) is 7.32. The van der Waals surface area contributed by atoms with Crippen LogP contribution in [0.4, 0.5) is 0 Å². The minimum absolute atomic E-state index is 0.0561. The maximum Gasteiger partial charge on any atom is 0.321 e. The number of carbonyl (C=O) groups is 4. The number of carbonyl (C=O) groups excluding carboxylic acids is 4. The molecule has 9 heteroatoms. The van der Waals surface area contributed by atoms with Crippen LogP contribution in [0.15, 0.2) is 60.7 Å². The van der Waals surface area contributed by atoms with E-state index in [1.807, 2.05) is 74.5 Å². The second kappa shape index (κ2) is 17.7. The van der Waals surface area contributed by atoms with Gasteiger partial charge in [-0.2, -0.15) is 0 Å². The first-order valence-corrected chi connectivity index (χ1v) is 15.6. The first kappa shape index (κ1) is 37.5. The quantitative estimate of drug-likeness (QED) is 0.104. The maximum absolute atomic E-state index is 13.0. The maximum atomic E-state index is 13.0. The van der Waals surface area contributed by atoms with E-state index in [0.29, 0.717) is 12.8 Å². The van der Waals surface area contributed by atoms with Crippen LogP contribution < -0.4 is 0 Å². The van der Waals surface area contributed by atoms with Gasteiger partial charge in [-0.15, -0.1) is 0 Å². The number of benzene rings is 2. The van der Waals surface area contributed by atoms with Crippen molar-refractivity contribution in [2.24, 2.45) is 23.7 Å². The Hall–Kier alpha value is -3.72. The molecule has 0 amide bonds. The van der Waals surface area contributed by atoms with Crippen LogP contribution in [0.2, 0.25) is 0 Å². The highest BCUT2D eigenvalue weighted by Gasteiger charge is 2.37. The summed E-state index contributed by atoms with van der Waals surface area (Å²) >= 11 is 0. The predicted octanol–water partition coefficient (Wildman–Crippen LogP) is 6.46. The number of hydrogen-bond donors (Lipinski definition) is 0. The van der Waals surface area contributed by atoms with Crippen LogP contribution >= 0.6 is 0 Å². The molecule has 0 N–H and O–H groups in total. The molecule has 0 aliphatic carbocycles. The van der Waals surface area contributed by atoms with Crippen LogP contribution in [0.5, 0.6) is 0 Å². The van der Waals surface area contributed by atoms with E-state index in [2.05, 4.69) is 0 Å². The molecule has 0 aliphatic heterocycles. The second-order valence-corrected chi connectivity index (χ2v) is 13.1. The minimum Gasteiger partial charge on any atom is -0.465 e. The number of ether oxygens (including phenoxy) is 5. The Balaban J connectivity index is 1.80. The summed E-state index contributed by atoms with van der Waals surface area (Å²) in [6, 6.07) is 18.5. The third-order valence-corrected chi connectivity index (χ3v) is 7.32. The van der Waals surface area contributed by atoms with Crippen molar-refractivity contribution in [1.29, 1.82) is 0 Å². The molecule has 0 aromatic heterocycles. The van der Waals surface area contributed by atoms with Gasteiger partial charge in [0, 0.05) is 12.8 Å². The first-order chi connectivity index (χ1) is 21.1. The molecule has 0 radical (unpaired) electrons. The lowest BCUT2D eigenvalue weighted by Gasteiger charge is -2.31. The fraction of sp³-hybridized carbons (Fsp3) is 0.556. The number of esters is 4. The van der Waals surface area contributed by atoms with Gasteiger partial charge in [0.25, 0.3) is 0 Å². The summed E-state index contributed by atoms with van der Waals surface area (Å²) in [5.41, 5.74) is 0.0950.